The molecule has 0 spiro atoms. The molecule has 0 radical (unpaired) electrons. The molecule has 0 aromatic rings. The Kier molecular flexibility index (Phi) is 6.03. The molecule has 0 saturated heterocycles. The second-order valence-electron chi connectivity index (χ2n) is 4.84. The Morgan fingerprint density at radius 3 is 2.25 bits per heavy atom. The molecule has 0 aliphatic carbocycles. The molecule has 94 valence electrons. The van der Waals surface area contributed by atoms with E-state index in [1.165, 1.54) is 0 Å². The molecule has 3 N–H and O–H groups in total. The maximum Gasteiger partial charge on any atom is 0.322 e. The Balaban J connectivity index is 4.15. The van der Waals surface area contributed by atoms with E-state index in [0.29, 0.717) is 6.42 Å². The quantitative estimate of drug-likeness (QED) is 0.629. The zero-order valence-electron chi connectivity index (χ0n) is 10.5. The van der Waals surface area contributed by atoms with E-state index in [1.54, 1.807) is 0 Å². The van der Waals surface area contributed by atoms with Crippen LogP contribution in [0.4, 0.5) is 0 Å². The minimum atomic E-state index is -0.952. The summed E-state index contributed by atoms with van der Waals surface area (Å²) in [6.07, 6.45) is 1.19. The molecule has 16 heavy (non-hydrogen) atoms. The Hall–Kier alpha value is -1.10. The molecule has 0 aliphatic heterocycles. The van der Waals surface area contributed by atoms with Crippen LogP contribution in [0.1, 0.15) is 40.5 Å². The molecule has 0 unspecified atom stereocenters. The van der Waals surface area contributed by atoms with Gasteiger partial charge in [0.25, 0.3) is 0 Å². The van der Waals surface area contributed by atoms with Crippen molar-refractivity contribution in [3.63, 3.8) is 0 Å². The highest BCUT2D eigenvalue weighted by Crippen LogP contribution is 2.01. The van der Waals surface area contributed by atoms with Gasteiger partial charge in [0.15, 0.2) is 0 Å². The monoisotopic (exact) mass is 230 g/mol. The number of carboxylic acid groups (broad SMARTS) is 1. The second kappa shape index (κ2) is 6.48. The number of carbonyl (C=O) groups is 2. The van der Waals surface area contributed by atoms with Crippen molar-refractivity contribution in [2.75, 3.05) is 6.54 Å². The summed E-state index contributed by atoms with van der Waals surface area (Å²) in [7, 11) is 0. The van der Waals surface area contributed by atoms with Gasteiger partial charge in [-0.3, -0.25) is 14.9 Å². The van der Waals surface area contributed by atoms with Gasteiger partial charge in [-0.05, 0) is 27.2 Å². The highest BCUT2D eigenvalue weighted by Gasteiger charge is 2.23. The lowest BCUT2D eigenvalue weighted by Crippen LogP contribution is -2.53. The first-order valence-corrected chi connectivity index (χ1v) is 5.53. The molecular formula is C11H22N2O3. The summed E-state index contributed by atoms with van der Waals surface area (Å²) in [6.45, 7) is 7.68. The van der Waals surface area contributed by atoms with Gasteiger partial charge in [0.05, 0.1) is 0 Å². The van der Waals surface area contributed by atoms with Gasteiger partial charge < -0.3 is 10.4 Å². The molecule has 1 amide bonds. The number of carboxylic acids is 1. The topological polar surface area (TPSA) is 78.4 Å². The summed E-state index contributed by atoms with van der Waals surface area (Å²) in [4.78, 5) is 22.1. The molecule has 0 rings (SSSR count). The number of hydrogen-bond donors (Lipinski definition) is 3. The fraction of sp³-hybridized carbons (Fsp3) is 0.818. The van der Waals surface area contributed by atoms with Crippen molar-refractivity contribution in [3.05, 3.63) is 0 Å². The molecule has 0 aromatic heterocycles. The van der Waals surface area contributed by atoms with E-state index in [9.17, 15) is 9.59 Å². The van der Waals surface area contributed by atoms with Crippen LogP contribution in [-0.4, -0.2) is 35.1 Å². The molecule has 1 atom stereocenters. The van der Waals surface area contributed by atoms with Gasteiger partial charge in [0.1, 0.15) is 6.04 Å². The second-order valence-corrected chi connectivity index (χ2v) is 4.84. The SMILES string of the molecule is CCCC(=O)NC[C@@H](NC(C)(C)C)C(=O)O. The van der Waals surface area contributed by atoms with E-state index >= 15 is 0 Å². The largest absolute Gasteiger partial charge is 0.480 e. The van der Waals surface area contributed by atoms with Crippen LogP contribution in [0, 0.1) is 0 Å². The van der Waals surface area contributed by atoms with E-state index in [1.807, 2.05) is 27.7 Å². The summed E-state index contributed by atoms with van der Waals surface area (Å²) in [5.74, 6) is -1.06. The predicted molar refractivity (Wildman–Crippen MR) is 62.2 cm³/mol. The van der Waals surface area contributed by atoms with Crippen LogP contribution >= 0.6 is 0 Å². The molecular weight excluding hydrogens is 208 g/mol. The normalized spacial score (nSPS) is 13.2. The smallest absolute Gasteiger partial charge is 0.322 e. The fourth-order valence-electron chi connectivity index (χ4n) is 1.25. The van der Waals surface area contributed by atoms with Crippen molar-refractivity contribution in [2.24, 2.45) is 0 Å². The van der Waals surface area contributed by atoms with Crippen LogP contribution in [0.2, 0.25) is 0 Å². The zero-order valence-corrected chi connectivity index (χ0v) is 10.5. The van der Waals surface area contributed by atoms with Crippen LogP contribution in [0.15, 0.2) is 0 Å². The maximum atomic E-state index is 11.2. The van der Waals surface area contributed by atoms with E-state index in [-0.39, 0.29) is 18.0 Å². The summed E-state index contributed by atoms with van der Waals surface area (Å²) in [5, 5.41) is 14.5. The summed E-state index contributed by atoms with van der Waals surface area (Å²) in [6, 6.07) is -0.749. The van der Waals surface area contributed by atoms with Gasteiger partial charge >= 0.3 is 5.97 Å². The predicted octanol–water partition coefficient (Wildman–Crippen LogP) is 0.744. The number of aliphatic carboxylic acids is 1. The third-order valence-corrected chi connectivity index (χ3v) is 1.89. The molecule has 5 heteroatoms. The van der Waals surface area contributed by atoms with Gasteiger partial charge in [-0.1, -0.05) is 6.92 Å². The van der Waals surface area contributed by atoms with Crippen molar-refractivity contribution >= 4 is 11.9 Å². The van der Waals surface area contributed by atoms with Crippen LogP contribution in [-0.2, 0) is 9.59 Å². The fourth-order valence-corrected chi connectivity index (χ4v) is 1.25. The third-order valence-electron chi connectivity index (χ3n) is 1.89. The lowest BCUT2D eigenvalue weighted by Gasteiger charge is -2.26. The first kappa shape index (κ1) is 14.9. The lowest BCUT2D eigenvalue weighted by atomic mass is 10.1. The average Bonchev–Trinajstić information content (AvgIpc) is 2.10. The van der Waals surface area contributed by atoms with Gasteiger partial charge in [0, 0.05) is 18.5 Å². The summed E-state index contributed by atoms with van der Waals surface area (Å²) in [5.41, 5.74) is -0.293. The number of hydrogen-bond acceptors (Lipinski definition) is 3. The Labute approximate surface area is 96.6 Å². The van der Waals surface area contributed by atoms with Crippen molar-refractivity contribution in [2.45, 2.75) is 52.1 Å². The highest BCUT2D eigenvalue weighted by atomic mass is 16.4. The summed E-state index contributed by atoms with van der Waals surface area (Å²) >= 11 is 0. The molecule has 0 aliphatic rings. The first-order chi connectivity index (χ1) is 7.26. The zero-order chi connectivity index (χ0) is 12.8. The van der Waals surface area contributed by atoms with E-state index < -0.39 is 12.0 Å². The molecule has 0 aromatic carbocycles. The van der Waals surface area contributed by atoms with Crippen LogP contribution in [0.5, 0.6) is 0 Å². The van der Waals surface area contributed by atoms with E-state index in [2.05, 4.69) is 10.6 Å². The lowest BCUT2D eigenvalue weighted by molar-refractivity contribution is -0.140. The molecule has 0 fully saturated rings. The van der Waals surface area contributed by atoms with Crippen molar-refractivity contribution in [1.29, 1.82) is 0 Å². The Morgan fingerprint density at radius 2 is 1.88 bits per heavy atom. The molecule has 5 nitrogen and oxygen atoms in total. The van der Waals surface area contributed by atoms with Crippen molar-refractivity contribution in [3.8, 4) is 0 Å². The molecule has 0 saturated carbocycles. The van der Waals surface area contributed by atoms with Crippen molar-refractivity contribution in [1.82, 2.24) is 10.6 Å². The Bertz CT molecular complexity index is 246. The maximum absolute atomic E-state index is 11.2. The van der Waals surface area contributed by atoms with Gasteiger partial charge in [-0.2, -0.15) is 0 Å². The Morgan fingerprint density at radius 1 is 1.31 bits per heavy atom. The van der Waals surface area contributed by atoms with Gasteiger partial charge in [0.2, 0.25) is 5.91 Å². The molecule has 0 bridgehead atoms. The average molecular weight is 230 g/mol. The first-order valence-electron chi connectivity index (χ1n) is 5.53. The number of amides is 1. The highest BCUT2D eigenvalue weighted by molar-refractivity contribution is 5.78. The van der Waals surface area contributed by atoms with Crippen LogP contribution < -0.4 is 10.6 Å². The van der Waals surface area contributed by atoms with E-state index in [0.717, 1.165) is 6.42 Å². The minimum Gasteiger partial charge on any atom is -0.480 e. The minimum absolute atomic E-state index is 0.107. The van der Waals surface area contributed by atoms with E-state index in [4.69, 9.17) is 5.11 Å². The van der Waals surface area contributed by atoms with Crippen LogP contribution in [0.3, 0.4) is 0 Å². The third kappa shape index (κ3) is 7.23. The molecule has 0 heterocycles. The number of nitrogens with one attached hydrogen (secondary N) is 2. The number of rotatable bonds is 6. The van der Waals surface area contributed by atoms with Crippen LogP contribution in [0.25, 0.3) is 0 Å². The summed E-state index contributed by atoms with van der Waals surface area (Å²) < 4.78 is 0. The standard InChI is InChI=1S/C11H22N2O3/c1-5-6-9(14)12-7-8(10(15)16)13-11(2,3)4/h8,13H,5-7H2,1-4H3,(H,12,14)(H,15,16)/t8-/m1/s1. The van der Waals surface area contributed by atoms with Gasteiger partial charge in [-0.15, -0.1) is 0 Å². The van der Waals surface area contributed by atoms with Gasteiger partial charge in [-0.25, -0.2) is 0 Å². The number of carbonyl (C=O) groups excluding carboxylic acids is 1. The van der Waals surface area contributed by atoms with Crippen molar-refractivity contribution < 1.29 is 14.7 Å².